The van der Waals surface area contributed by atoms with E-state index in [0.29, 0.717) is 18.5 Å². The number of rotatable bonds is 13. The molecule has 0 aliphatic heterocycles. The Morgan fingerprint density at radius 1 is 0.731 bits per heavy atom. The molecule has 12 heteroatoms. The van der Waals surface area contributed by atoms with Gasteiger partial charge in [0, 0.05) is 25.8 Å². The van der Waals surface area contributed by atoms with Crippen molar-refractivity contribution >= 4 is 38.2 Å². The van der Waals surface area contributed by atoms with E-state index in [1.165, 1.54) is 0 Å². The Labute approximate surface area is 159 Å². The van der Waals surface area contributed by atoms with Crippen molar-refractivity contribution in [2.24, 2.45) is 11.1 Å². The van der Waals surface area contributed by atoms with E-state index in [4.69, 9.17) is 36.4 Å². The van der Waals surface area contributed by atoms with Crippen LogP contribution in [0.15, 0.2) is 0 Å². The lowest BCUT2D eigenvalue weighted by Gasteiger charge is -2.24. The summed E-state index contributed by atoms with van der Waals surface area (Å²) < 4.78 is 0. The van der Waals surface area contributed by atoms with E-state index in [0.717, 1.165) is 0 Å². The minimum Gasteiger partial charge on any atom is -0.481 e. The number of halogens is 1. The van der Waals surface area contributed by atoms with Gasteiger partial charge in [-0.1, -0.05) is 0 Å². The first-order valence-corrected chi connectivity index (χ1v) is 9.46. The molecule has 0 atom stereocenters. The monoisotopic (exact) mass is 421 g/mol. The summed E-state index contributed by atoms with van der Waals surface area (Å²) in [6, 6.07) is 0. The predicted molar refractivity (Wildman–Crippen MR) is 98.3 cm³/mol. The fraction of sp³-hybridized carbons (Fsp3) is 0.786. The molecule has 10 nitrogen and oxygen atoms in total. The van der Waals surface area contributed by atoms with Crippen molar-refractivity contribution in [2.45, 2.75) is 19.3 Å². The van der Waals surface area contributed by atoms with Gasteiger partial charge in [0.1, 0.15) is 0 Å². The highest BCUT2D eigenvalue weighted by Crippen LogP contribution is 2.37. The van der Waals surface area contributed by atoms with Crippen LogP contribution in [-0.4, -0.2) is 93.4 Å². The lowest BCUT2D eigenvalue weighted by atomic mass is 9.92. The van der Waals surface area contributed by atoms with Crippen molar-refractivity contribution in [3.05, 3.63) is 0 Å². The summed E-state index contributed by atoms with van der Waals surface area (Å²) in [4.78, 5) is 31.1. The second-order valence-corrected chi connectivity index (χ2v) is 8.13. The van der Waals surface area contributed by atoms with Gasteiger partial charge in [-0.15, -0.1) is 20.3 Å². The van der Waals surface area contributed by atoms with Gasteiger partial charge in [0.15, 0.2) is 0 Å². The average Bonchev–Trinajstić information content (AvgIpc) is 2.57. The van der Waals surface area contributed by atoms with E-state index in [2.05, 4.69) is 0 Å². The molecule has 0 aromatic carbocycles. The molecule has 0 fully saturated rings. The zero-order valence-corrected chi connectivity index (χ0v) is 16.1. The predicted octanol–water partition coefficient (Wildman–Crippen LogP) is -0.777. The molecule has 0 aliphatic carbocycles. The van der Waals surface area contributed by atoms with Crippen molar-refractivity contribution in [3.8, 4) is 0 Å². The number of aliphatic carboxylic acids is 3. The Balaban J connectivity index is -0.000000453. The molecule has 8 N–H and O–H groups in total. The van der Waals surface area contributed by atoms with Gasteiger partial charge in [-0.3, -0.25) is 14.4 Å². The number of hydrogen-bond donors (Lipinski definition) is 7. The van der Waals surface area contributed by atoms with Gasteiger partial charge in [-0.05, 0) is 18.5 Å². The van der Waals surface area contributed by atoms with Crippen molar-refractivity contribution in [1.29, 1.82) is 0 Å². The quantitative estimate of drug-likeness (QED) is 0.185. The highest BCUT2D eigenvalue weighted by atomic mass is 35.5. The number of aliphatic hydroxyl groups excluding tert-OH is 3. The summed E-state index contributed by atoms with van der Waals surface area (Å²) in [6.07, 6.45) is 1.11. The number of carbonyl (C=O) groups is 3. The van der Waals surface area contributed by atoms with Crippen LogP contribution in [0, 0.1) is 5.41 Å². The Morgan fingerprint density at radius 2 is 1.00 bits per heavy atom. The second-order valence-electron chi connectivity index (χ2n) is 5.45. The Morgan fingerprint density at radius 3 is 1.12 bits per heavy atom. The third-order valence-electron chi connectivity index (χ3n) is 3.36. The lowest BCUT2D eigenvalue weighted by Crippen LogP contribution is -2.41. The second kappa shape index (κ2) is 17.4. The first kappa shape index (κ1) is 29.7. The maximum Gasteiger partial charge on any atom is 0.303 e. The van der Waals surface area contributed by atoms with Crippen LogP contribution < -0.4 is 5.73 Å². The lowest BCUT2D eigenvalue weighted by molar-refractivity contribution is -0.137. The fourth-order valence-electron chi connectivity index (χ4n) is 1.44. The van der Waals surface area contributed by atoms with E-state index in [9.17, 15) is 14.4 Å². The first-order valence-electron chi connectivity index (χ1n) is 7.56. The van der Waals surface area contributed by atoms with Crippen LogP contribution in [0.4, 0.5) is 0 Å². The number of nitrogens with two attached hydrogens (primary N) is 1. The Hall–Kier alpha value is -1.03. The topological polar surface area (TPSA) is 199 Å². The van der Waals surface area contributed by atoms with Crippen molar-refractivity contribution in [3.63, 3.8) is 0 Å². The summed E-state index contributed by atoms with van der Waals surface area (Å²) >= 11 is 0. The van der Waals surface area contributed by atoms with E-state index >= 15 is 0 Å². The van der Waals surface area contributed by atoms with E-state index in [1.807, 2.05) is 0 Å². The van der Waals surface area contributed by atoms with Crippen molar-refractivity contribution < 1.29 is 45.0 Å². The molecule has 0 saturated carbocycles. The normalized spacial score (nSPS) is 10.5. The number of aliphatic hydroxyl groups is 3. The summed E-state index contributed by atoms with van der Waals surface area (Å²) in [6.45, 7) is -0.750. The number of hydrogen-bond acceptors (Lipinski definition) is 7. The minimum absolute atomic E-state index is 0. The van der Waals surface area contributed by atoms with Crippen LogP contribution in [0.3, 0.4) is 0 Å². The Bertz CT molecular complexity index is 348. The smallest absolute Gasteiger partial charge is 0.303 e. The van der Waals surface area contributed by atoms with Crippen LogP contribution in [-0.2, 0) is 14.4 Å². The van der Waals surface area contributed by atoms with Gasteiger partial charge in [-0.2, -0.15) is 0 Å². The van der Waals surface area contributed by atoms with Gasteiger partial charge in [-0.25, -0.2) is 0 Å². The molecule has 26 heavy (non-hydrogen) atoms. The molecule has 0 aliphatic rings. The highest BCUT2D eigenvalue weighted by molar-refractivity contribution is 7.57. The van der Waals surface area contributed by atoms with Crippen LogP contribution in [0.1, 0.15) is 19.3 Å². The molecular formula is C14H29ClNO9P. The van der Waals surface area contributed by atoms with Crippen LogP contribution in [0.25, 0.3) is 0 Å². The third kappa shape index (κ3) is 16.4. The van der Waals surface area contributed by atoms with Gasteiger partial charge < -0.3 is 36.4 Å². The van der Waals surface area contributed by atoms with Gasteiger partial charge in [0.05, 0.1) is 25.2 Å². The van der Waals surface area contributed by atoms with Crippen molar-refractivity contribution in [2.75, 3.05) is 44.9 Å². The molecule has 0 aromatic rings. The van der Waals surface area contributed by atoms with E-state index in [-0.39, 0.29) is 58.0 Å². The van der Waals surface area contributed by atoms with Crippen molar-refractivity contribution in [1.82, 2.24) is 0 Å². The van der Waals surface area contributed by atoms with E-state index < -0.39 is 31.2 Å². The van der Waals surface area contributed by atoms with E-state index in [1.54, 1.807) is 0 Å². The zero-order valence-electron chi connectivity index (χ0n) is 14.4. The van der Waals surface area contributed by atoms with Gasteiger partial charge in [0.25, 0.3) is 0 Å². The molecule has 0 bridgehead atoms. The molecule has 0 spiro atoms. The molecule has 0 radical (unpaired) electrons. The zero-order chi connectivity index (χ0) is 19.9. The number of carboxylic acid groups (broad SMARTS) is 3. The van der Waals surface area contributed by atoms with Crippen LogP contribution >= 0.6 is 20.3 Å². The minimum atomic E-state index is -0.932. The molecule has 0 saturated heterocycles. The average molecular weight is 422 g/mol. The van der Waals surface area contributed by atoms with Crippen LogP contribution in [0.5, 0.6) is 0 Å². The SMILES string of the molecule is Cl.NCC(CO)(CO)CO.O=C(O)CCP(CCC(=O)O)CCC(=O)O. The maximum absolute atomic E-state index is 10.4. The molecule has 0 amide bonds. The van der Waals surface area contributed by atoms with Crippen LogP contribution in [0.2, 0.25) is 0 Å². The first-order chi connectivity index (χ1) is 11.7. The Kier molecular flexibility index (Phi) is 19.9. The third-order valence-corrected chi connectivity index (χ3v) is 5.93. The largest absolute Gasteiger partial charge is 0.481 e. The molecule has 0 unspecified atom stereocenters. The summed E-state index contributed by atoms with van der Waals surface area (Å²) in [5.41, 5.74) is 4.27. The maximum atomic E-state index is 10.4. The summed E-state index contributed by atoms with van der Waals surface area (Å²) in [5.74, 6) is -2.80. The molecule has 0 aromatic heterocycles. The fourth-order valence-corrected chi connectivity index (χ4v) is 3.63. The molecule has 0 heterocycles. The van der Waals surface area contributed by atoms with Gasteiger partial charge >= 0.3 is 17.9 Å². The summed E-state index contributed by atoms with van der Waals surface area (Å²) in [5, 5.41) is 51.2. The number of carboxylic acids is 3. The standard InChI is InChI=1S/C9H15O6P.C5H13NO3.ClH/c10-7(11)1-4-16(5-2-8(12)13)6-3-9(14)15;6-1-5(2-7,3-8)4-9;/h1-6H2,(H,10,11)(H,12,13)(H,14,15);7-9H,1-4,6H2;1H. The molecular weight excluding hydrogens is 393 g/mol. The molecule has 156 valence electrons. The molecule has 0 rings (SSSR count). The summed E-state index contributed by atoms with van der Waals surface area (Å²) in [7, 11) is -0.801. The van der Waals surface area contributed by atoms with Gasteiger partial charge in [0.2, 0.25) is 0 Å². The highest BCUT2D eigenvalue weighted by Gasteiger charge is 2.25.